The van der Waals surface area contributed by atoms with Crippen LogP contribution in [0.15, 0.2) is 54.6 Å². The maximum Gasteiger partial charge on any atom is 0.275 e. The van der Waals surface area contributed by atoms with Crippen molar-refractivity contribution < 1.29 is 14.5 Å². The van der Waals surface area contributed by atoms with Crippen molar-refractivity contribution in [3.05, 3.63) is 65.7 Å². The molecule has 0 unspecified atom stereocenters. The lowest BCUT2D eigenvalue weighted by molar-refractivity contribution is -0.892. The number of hydrogen-bond donors (Lipinski definition) is 2. The first kappa shape index (κ1) is 20.1. The van der Waals surface area contributed by atoms with Crippen LogP contribution in [0.5, 0.6) is 0 Å². The average molecular weight is 381 g/mol. The Morgan fingerprint density at radius 1 is 1.04 bits per heavy atom. The zero-order valence-electron chi connectivity index (χ0n) is 16.8. The van der Waals surface area contributed by atoms with E-state index in [1.165, 1.54) is 16.2 Å². The molecule has 28 heavy (non-hydrogen) atoms. The van der Waals surface area contributed by atoms with Gasteiger partial charge in [0.25, 0.3) is 5.91 Å². The lowest BCUT2D eigenvalue weighted by Gasteiger charge is -2.34. The number of carbonyl (C=O) groups excluding carboxylic acids is 2. The second-order valence-corrected chi connectivity index (χ2v) is 7.62. The number of hydrogen-bond acceptors (Lipinski definition) is 3. The normalized spacial score (nSPS) is 15.9. The van der Waals surface area contributed by atoms with E-state index in [4.69, 9.17) is 0 Å². The highest BCUT2D eigenvalue weighted by Crippen LogP contribution is 2.18. The third-order valence-electron chi connectivity index (χ3n) is 5.45. The van der Waals surface area contributed by atoms with E-state index in [9.17, 15) is 9.59 Å². The molecule has 1 aliphatic rings. The first-order valence-electron chi connectivity index (χ1n) is 10.0. The van der Waals surface area contributed by atoms with E-state index in [0.717, 1.165) is 31.7 Å². The van der Waals surface area contributed by atoms with Crippen molar-refractivity contribution in [2.45, 2.75) is 26.3 Å². The van der Waals surface area contributed by atoms with Gasteiger partial charge in [0.2, 0.25) is 0 Å². The molecule has 5 nitrogen and oxygen atoms in total. The quantitative estimate of drug-likeness (QED) is 0.754. The van der Waals surface area contributed by atoms with Gasteiger partial charge < -0.3 is 15.1 Å². The summed E-state index contributed by atoms with van der Waals surface area (Å²) in [5.74, 6) is -0.0490. The summed E-state index contributed by atoms with van der Waals surface area (Å²) in [7, 11) is 0. The van der Waals surface area contributed by atoms with Crippen LogP contribution in [0.3, 0.4) is 0 Å². The van der Waals surface area contributed by atoms with E-state index in [1.807, 2.05) is 30.3 Å². The molecule has 1 amide bonds. The van der Waals surface area contributed by atoms with Gasteiger partial charge in [-0.3, -0.25) is 9.59 Å². The summed E-state index contributed by atoms with van der Waals surface area (Å²) in [6, 6.07) is 17.8. The Morgan fingerprint density at radius 2 is 1.68 bits per heavy atom. The number of amides is 1. The Kier molecular flexibility index (Phi) is 6.82. The molecule has 1 atom stereocenters. The van der Waals surface area contributed by atoms with Gasteiger partial charge in [0.05, 0.1) is 32.2 Å². The molecule has 1 heterocycles. The lowest BCUT2D eigenvalue weighted by atomic mass is 10.0. The van der Waals surface area contributed by atoms with E-state index in [2.05, 4.69) is 41.4 Å². The maximum absolute atomic E-state index is 12.5. The van der Waals surface area contributed by atoms with Crippen LogP contribution in [-0.2, 0) is 16.0 Å². The molecule has 0 saturated carbocycles. The summed E-state index contributed by atoms with van der Waals surface area (Å²) >= 11 is 0. The molecule has 148 valence electrons. The van der Waals surface area contributed by atoms with E-state index < -0.39 is 6.04 Å². The number of rotatable bonds is 7. The van der Waals surface area contributed by atoms with E-state index >= 15 is 0 Å². The second kappa shape index (κ2) is 9.51. The predicted molar refractivity (Wildman–Crippen MR) is 112 cm³/mol. The number of carbonyl (C=O) groups is 2. The molecule has 3 rings (SSSR count). The van der Waals surface area contributed by atoms with Gasteiger partial charge in [0.1, 0.15) is 0 Å². The standard InChI is InChI=1S/C23H29N3O2/c1-18-8-6-7-11-22(18)26-14-12-25(13-15-26)17-23(28)24-21(19(2)27)16-20-9-4-3-5-10-20/h3-11,21H,12-17H2,1-2H3,(H,24,28)/p+1/t21-/m1/s1. The maximum atomic E-state index is 12.5. The summed E-state index contributed by atoms with van der Waals surface area (Å²) in [5.41, 5.74) is 3.63. The minimum Gasteiger partial charge on any atom is -0.360 e. The second-order valence-electron chi connectivity index (χ2n) is 7.62. The van der Waals surface area contributed by atoms with Gasteiger partial charge in [-0.1, -0.05) is 48.5 Å². The number of nitrogens with one attached hydrogen (secondary N) is 2. The molecule has 0 radical (unpaired) electrons. The van der Waals surface area contributed by atoms with Crippen molar-refractivity contribution in [2.75, 3.05) is 37.6 Å². The zero-order valence-corrected chi connectivity index (χ0v) is 16.8. The molecule has 0 aromatic heterocycles. The molecule has 2 aromatic carbocycles. The fraction of sp³-hybridized carbons (Fsp3) is 0.391. The molecule has 1 saturated heterocycles. The van der Waals surface area contributed by atoms with Crippen LogP contribution in [0.25, 0.3) is 0 Å². The average Bonchev–Trinajstić information content (AvgIpc) is 2.69. The highest BCUT2D eigenvalue weighted by atomic mass is 16.2. The zero-order chi connectivity index (χ0) is 19.9. The SMILES string of the molecule is CC(=O)[C@@H](Cc1ccccc1)NC(=O)C[NH+]1CCN(c2ccccc2C)CC1. The van der Waals surface area contributed by atoms with Crippen molar-refractivity contribution in [3.63, 3.8) is 0 Å². The monoisotopic (exact) mass is 380 g/mol. The van der Waals surface area contributed by atoms with Crippen LogP contribution in [-0.4, -0.2) is 50.5 Å². The highest BCUT2D eigenvalue weighted by Gasteiger charge is 2.25. The van der Waals surface area contributed by atoms with Gasteiger partial charge >= 0.3 is 0 Å². The first-order chi connectivity index (χ1) is 13.5. The summed E-state index contributed by atoms with van der Waals surface area (Å²) < 4.78 is 0. The summed E-state index contributed by atoms with van der Waals surface area (Å²) in [6.45, 7) is 7.82. The third kappa shape index (κ3) is 5.42. The summed E-state index contributed by atoms with van der Waals surface area (Å²) in [6.07, 6.45) is 0.540. The number of nitrogens with zero attached hydrogens (tertiary/aromatic N) is 1. The van der Waals surface area contributed by atoms with Crippen LogP contribution in [0.1, 0.15) is 18.1 Å². The lowest BCUT2D eigenvalue weighted by Crippen LogP contribution is -3.16. The Bertz CT molecular complexity index is 799. The van der Waals surface area contributed by atoms with Crippen molar-refractivity contribution in [1.82, 2.24) is 5.32 Å². The van der Waals surface area contributed by atoms with Gasteiger partial charge in [0.15, 0.2) is 12.3 Å². The van der Waals surface area contributed by atoms with E-state index in [0.29, 0.717) is 13.0 Å². The molecule has 2 aromatic rings. The van der Waals surface area contributed by atoms with Gasteiger partial charge in [-0.25, -0.2) is 0 Å². The minimum atomic E-state index is -0.456. The number of aryl methyl sites for hydroxylation is 1. The molecule has 0 spiro atoms. The Morgan fingerprint density at radius 3 is 2.32 bits per heavy atom. The number of quaternary nitrogens is 1. The Labute approximate surface area is 167 Å². The molecule has 0 bridgehead atoms. The summed E-state index contributed by atoms with van der Waals surface area (Å²) in [4.78, 5) is 28.2. The topological polar surface area (TPSA) is 53.9 Å². The number of benzene rings is 2. The van der Waals surface area contributed by atoms with Crippen LogP contribution in [0.2, 0.25) is 0 Å². The molecule has 5 heteroatoms. The molecule has 0 aliphatic carbocycles. The van der Waals surface area contributed by atoms with Crippen LogP contribution >= 0.6 is 0 Å². The number of Topliss-reactive ketones (excluding diaryl/α,β-unsaturated/α-hetero) is 1. The molecule has 1 aliphatic heterocycles. The number of para-hydroxylation sites is 1. The van der Waals surface area contributed by atoms with Gasteiger partial charge in [-0.15, -0.1) is 0 Å². The largest absolute Gasteiger partial charge is 0.360 e. The predicted octanol–water partition coefficient (Wildman–Crippen LogP) is 1.02. The van der Waals surface area contributed by atoms with Gasteiger partial charge in [-0.2, -0.15) is 0 Å². The minimum absolute atomic E-state index is 0.00317. The van der Waals surface area contributed by atoms with Crippen molar-refractivity contribution in [2.24, 2.45) is 0 Å². The molecule has 1 fully saturated rings. The number of anilines is 1. The number of ketones is 1. The molecule has 2 N–H and O–H groups in total. The van der Waals surface area contributed by atoms with Gasteiger partial charge in [0, 0.05) is 5.69 Å². The highest BCUT2D eigenvalue weighted by molar-refractivity contribution is 5.88. The Hall–Kier alpha value is -2.66. The molecular weight excluding hydrogens is 350 g/mol. The fourth-order valence-corrected chi connectivity index (χ4v) is 3.78. The van der Waals surface area contributed by atoms with E-state index in [1.54, 1.807) is 6.92 Å². The van der Waals surface area contributed by atoms with Crippen molar-refractivity contribution >= 4 is 17.4 Å². The van der Waals surface area contributed by atoms with Crippen molar-refractivity contribution in [1.29, 1.82) is 0 Å². The smallest absolute Gasteiger partial charge is 0.275 e. The number of piperazine rings is 1. The molecular formula is C23H30N3O2+. The van der Waals surface area contributed by atoms with Crippen molar-refractivity contribution in [3.8, 4) is 0 Å². The third-order valence-corrected chi connectivity index (χ3v) is 5.45. The van der Waals surface area contributed by atoms with Gasteiger partial charge in [-0.05, 0) is 37.5 Å². The Balaban J connectivity index is 1.49. The summed E-state index contributed by atoms with van der Waals surface area (Å²) in [5, 5.41) is 2.94. The van der Waals surface area contributed by atoms with E-state index in [-0.39, 0.29) is 11.7 Å². The van der Waals surface area contributed by atoms with Crippen LogP contribution in [0.4, 0.5) is 5.69 Å². The van der Waals surface area contributed by atoms with Crippen LogP contribution < -0.4 is 15.1 Å². The fourth-order valence-electron chi connectivity index (χ4n) is 3.78. The first-order valence-corrected chi connectivity index (χ1v) is 10.0. The van der Waals surface area contributed by atoms with Crippen LogP contribution in [0, 0.1) is 6.92 Å².